The molecule has 0 saturated heterocycles. The first-order chi connectivity index (χ1) is 26.5. The van der Waals surface area contributed by atoms with Crippen molar-refractivity contribution < 1.29 is 25.2 Å². The third-order valence-electron chi connectivity index (χ3n) is 11.5. The van der Waals surface area contributed by atoms with Crippen molar-refractivity contribution in [3.05, 3.63) is 12.2 Å². The molecule has 0 aliphatic heterocycles. The summed E-state index contributed by atoms with van der Waals surface area (Å²) in [5.74, 6) is -0.590. The minimum atomic E-state index is -1.28. The Balaban J connectivity index is 3.61. The van der Waals surface area contributed by atoms with Gasteiger partial charge >= 0.3 is 0 Å². The Kier molecular flexibility index (Phi) is 42.4. The molecule has 54 heavy (non-hydrogen) atoms. The maximum Gasteiger partial charge on any atom is 0.249 e. The van der Waals surface area contributed by atoms with E-state index in [9.17, 15) is 25.2 Å². The summed E-state index contributed by atoms with van der Waals surface area (Å²) in [4.78, 5) is 12.5. The predicted octanol–water partition coefficient (Wildman–Crippen LogP) is 13.0. The van der Waals surface area contributed by atoms with Crippen LogP contribution in [0.1, 0.15) is 258 Å². The Hall–Kier alpha value is -0.950. The van der Waals surface area contributed by atoms with E-state index < -0.39 is 36.9 Å². The molecule has 4 atom stereocenters. The lowest BCUT2D eigenvalue weighted by Crippen LogP contribution is -2.53. The highest BCUT2D eigenvalue weighted by Crippen LogP contribution is 2.17. The van der Waals surface area contributed by atoms with Crippen LogP contribution in [0, 0.1) is 0 Å². The molecule has 1 amide bonds. The van der Waals surface area contributed by atoms with E-state index in [0.29, 0.717) is 12.8 Å². The van der Waals surface area contributed by atoms with Gasteiger partial charge in [-0.25, -0.2) is 0 Å². The van der Waals surface area contributed by atoms with Gasteiger partial charge in [0.25, 0.3) is 0 Å². The normalized spacial score (nSPS) is 14.1. The fourth-order valence-electron chi connectivity index (χ4n) is 7.64. The Morgan fingerprint density at radius 2 is 0.759 bits per heavy atom. The number of allylic oxidation sites excluding steroid dienone is 2. The zero-order valence-electron chi connectivity index (χ0n) is 36.2. The van der Waals surface area contributed by atoms with Gasteiger partial charge in [0.05, 0.1) is 18.8 Å². The number of aliphatic hydroxyl groups is 4. The van der Waals surface area contributed by atoms with E-state index in [-0.39, 0.29) is 0 Å². The molecule has 0 rings (SSSR count). The molecule has 0 fully saturated rings. The number of hydrogen-bond donors (Lipinski definition) is 5. The van der Waals surface area contributed by atoms with Gasteiger partial charge in [0, 0.05) is 0 Å². The Morgan fingerprint density at radius 1 is 0.444 bits per heavy atom. The summed E-state index contributed by atoms with van der Waals surface area (Å²) in [6.07, 6.45) is 48.4. The molecule has 0 saturated carbocycles. The highest BCUT2D eigenvalue weighted by molar-refractivity contribution is 5.80. The standard InChI is InChI=1S/C48H95NO5/c1-3-5-7-9-11-13-15-17-18-19-20-21-22-23-24-25-26-27-28-29-30-32-34-36-38-40-42-46(52)48(54)49-44(43-50)47(53)45(51)41-39-37-35-33-31-16-14-12-10-8-6-4-2/h33,35,44-47,50-53H,3-32,34,36-43H2,1-2H3,(H,49,54)/b35-33+. The van der Waals surface area contributed by atoms with Crippen molar-refractivity contribution in [1.82, 2.24) is 5.32 Å². The van der Waals surface area contributed by atoms with E-state index in [1.54, 1.807) is 0 Å². The molecular weight excluding hydrogens is 671 g/mol. The number of nitrogens with one attached hydrogen (secondary N) is 1. The molecule has 6 nitrogen and oxygen atoms in total. The number of rotatable bonds is 44. The topological polar surface area (TPSA) is 110 Å². The lowest BCUT2D eigenvalue weighted by atomic mass is 10.00. The zero-order chi connectivity index (χ0) is 39.6. The molecule has 0 aromatic heterocycles. The summed E-state index contributed by atoms with van der Waals surface area (Å²) in [5, 5.41) is 43.6. The van der Waals surface area contributed by atoms with Gasteiger partial charge in [0.15, 0.2) is 0 Å². The summed E-state index contributed by atoms with van der Waals surface area (Å²) >= 11 is 0. The quantitative estimate of drug-likeness (QED) is 0.0313. The molecule has 5 N–H and O–H groups in total. The molecule has 0 heterocycles. The number of hydrogen-bond acceptors (Lipinski definition) is 5. The molecule has 322 valence electrons. The maximum absolute atomic E-state index is 12.5. The predicted molar refractivity (Wildman–Crippen MR) is 233 cm³/mol. The molecule has 0 spiro atoms. The Bertz CT molecular complexity index is 776. The van der Waals surface area contributed by atoms with Crippen LogP contribution in [0.4, 0.5) is 0 Å². The second-order valence-corrected chi connectivity index (χ2v) is 16.8. The van der Waals surface area contributed by atoms with Crippen molar-refractivity contribution in [2.24, 2.45) is 0 Å². The number of aliphatic hydroxyl groups excluding tert-OH is 4. The van der Waals surface area contributed by atoms with E-state index in [4.69, 9.17) is 0 Å². The first kappa shape index (κ1) is 53.0. The van der Waals surface area contributed by atoms with E-state index in [2.05, 4.69) is 31.3 Å². The van der Waals surface area contributed by atoms with Gasteiger partial charge in [-0.3, -0.25) is 4.79 Å². The van der Waals surface area contributed by atoms with Crippen LogP contribution in [0.3, 0.4) is 0 Å². The lowest BCUT2D eigenvalue weighted by Gasteiger charge is -2.27. The second-order valence-electron chi connectivity index (χ2n) is 16.8. The van der Waals surface area contributed by atoms with E-state index in [1.807, 2.05) is 0 Å². The average molecular weight is 766 g/mol. The average Bonchev–Trinajstić information content (AvgIpc) is 3.18. The van der Waals surface area contributed by atoms with Crippen LogP contribution < -0.4 is 5.32 Å². The van der Waals surface area contributed by atoms with Crippen LogP contribution in [0.25, 0.3) is 0 Å². The van der Waals surface area contributed by atoms with Crippen molar-refractivity contribution >= 4 is 5.91 Å². The van der Waals surface area contributed by atoms with E-state index >= 15 is 0 Å². The van der Waals surface area contributed by atoms with Gasteiger partial charge < -0.3 is 25.7 Å². The minimum Gasteiger partial charge on any atom is -0.394 e. The summed E-state index contributed by atoms with van der Waals surface area (Å²) in [6, 6.07) is -0.996. The molecule has 0 aromatic carbocycles. The Labute approximate surface area is 336 Å². The Morgan fingerprint density at radius 3 is 1.11 bits per heavy atom. The monoisotopic (exact) mass is 766 g/mol. The first-order valence-electron chi connectivity index (χ1n) is 24.1. The molecule has 0 aliphatic rings. The molecule has 4 unspecified atom stereocenters. The van der Waals surface area contributed by atoms with E-state index in [1.165, 1.54) is 193 Å². The van der Waals surface area contributed by atoms with Crippen LogP contribution >= 0.6 is 0 Å². The van der Waals surface area contributed by atoms with Crippen molar-refractivity contribution in [3.63, 3.8) is 0 Å². The lowest BCUT2D eigenvalue weighted by molar-refractivity contribution is -0.132. The third-order valence-corrected chi connectivity index (χ3v) is 11.5. The first-order valence-corrected chi connectivity index (χ1v) is 24.1. The smallest absolute Gasteiger partial charge is 0.249 e. The van der Waals surface area contributed by atoms with Gasteiger partial charge in [0.2, 0.25) is 5.91 Å². The van der Waals surface area contributed by atoms with Crippen LogP contribution in [0.15, 0.2) is 12.2 Å². The van der Waals surface area contributed by atoms with Crippen molar-refractivity contribution in [3.8, 4) is 0 Å². The maximum atomic E-state index is 12.5. The molecule has 0 aliphatic carbocycles. The van der Waals surface area contributed by atoms with E-state index in [0.717, 1.165) is 38.5 Å². The highest BCUT2D eigenvalue weighted by atomic mass is 16.3. The van der Waals surface area contributed by atoms with Gasteiger partial charge in [-0.15, -0.1) is 0 Å². The third kappa shape index (κ3) is 36.7. The zero-order valence-corrected chi connectivity index (χ0v) is 36.2. The number of carbonyl (C=O) groups excluding carboxylic acids is 1. The van der Waals surface area contributed by atoms with Crippen LogP contribution in [0.2, 0.25) is 0 Å². The minimum absolute atomic E-state index is 0.368. The van der Waals surface area contributed by atoms with Gasteiger partial charge in [0.1, 0.15) is 12.2 Å². The summed E-state index contributed by atoms with van der Waals surface area (Å²) in [5.41, 5.74) is 0. The molecule has 0 radical (unpaired) electrons. The highest BCUT2D eigenvalue weighted by Gasteiger charge is 2.28. The van der Waals surface area contributed by atoms with Crippen LogP contribution in [-0.4, -0.2) is 57.3 Å². The molecule has 0 bridgehead atoms. The second kappa shape index (κ2) is 43.2. The van der Waals surface area contributed by atoms with Crippen LogP contribution in [-0.2, 0) is 4.79 Å². The largest absolute Gasteiger partial charge is 0.394 e. The number of carbonyl (C=O) groups is 1. The SMILES string of the molecule is CCCCCCCCC/C=C/CCCC(O)C(O)C(CO)NC(=O)C(O)CCCCCCCCCCCCCCCCCCCCCCCCCCCC. The van der Waals surface area contributed by atoms with Crippen molar-refractivity contribution in [2.75, 3.05) is 6.61 Å². The van der Waals surface area contributed by atoms with Crippen molar-refractivity contribution in [2.45, 2.75) is 282 Å². The van der Waals surface area contributed by atoms with Gasteiger partial charge in [-0.2, -0.15) is 0 Å². The number of amides is 1. The van der Waals surface area contributed by atoms with Crippen LogP contribution in [0.5, 0.6) is 0 Å². The summed E-state index contributed by atoms with van der Waals surface area (Å²) < 4.78 is 0. The summed E-state index contributed by atoms with van der Waals surface area (Å²) in [7, 11) is 0. The molecule has 6 heteroatoms. The number of unbranched alkanes of at least 4 members (excludes halogenated alkanes) is 33. The molecule has 0 aromatic rings. The van der Waals surface area contributed by atoms with Gasteiger partial charge in [-0.1, -0.05) is 231 Å². The fraction of sp³-hybridized carbons (Fsp3) is 0.938. The fourth-order valence-corrected chi connectivity index (χ4v) is 7.64. The molecular formula is C48H95NO5. The summed E-state index contributed by atoms with van der Waals surface area (Å²) in [6.45, 7) is 4.04. The van der Waals surface area contributed by atoms with Crippen molar-refractivity contribution in [1.29, 1.82) is 0 Å². The van der Waals surface area contributed by atoms with Gasteiger partial charge in [-0.05, 0) is 38.5 Å².